The Labute approximate surface area is 94.7 Å². The smallest absolute Gasteiger partial charge is 0.308 e. The molecule has 1 aromatic carbocycles. The third kappa shape index (κ3) is 2.94. The molecule has 0 bridgehead atoms. The van der Waals surface area contributed by atoms with Crippen molar-refractivity contribution in [1.82, 2.24) is 0 Å². The van der Waals surface area contributed by atoms with E-state index in [0.29, 0.717) is 19.6 Å². The summed E-state index contributed by atoms with van der Waals surface area (Å²) in [5.74, 6) is -0.210. The fourth-order valence-electron chi connectivity index (χ4n) is 1.57. The van der Waals surface area contributed by atoms with Crippen LogP contribution >= 0.6 is 0 Å². The molecular formula is C13H14O3. The van der Waals surface area contributed by atoms with Crippen LogP contribution in [-0.2, 0) is 14.3 Å². The molecule has 1 aliphatic rings. The van der Waals surface area contributed by atoms with Crippen LogP contribution in [0.15, 0.2) is 42.5 Å². The monoisotopic (exact) mass is 218 g/mol. The van der Waals surface area contributed by atoms with Crippen molar-refractivity contribution < 1.29 is 14.3 Å². The quantitative estimate of drug-likeness (QED) is 0.535. The van der Waals surface area contributed by atoms with E-state index in [1.165, 1.54) is 0 Å². The van der Waals surface area contributed by atoms with Crippen molar-refractivity contribution in [2.45, 2.75) is 12.5 Å². The summed E-state index contributed by atoms with van der Waals surface area (Å²) in [5.41, 5.74) is 1.09. The Balaban J connectivity index is 2.09. The highest BCUT2D eigenvalue weighted by Crippen LogP contribution is 2.19. The van der Waals surface area contributed by atoms with E-state index in [0.717, 1.165) is 5.56 Å². The Morgan fingerprint density at radius 3 is 2.81 bits per heavy atom. The highest BCUT2D eigenvalue weighted by atomic mass is 16.5. The van der Waals surface area contributed by atoms with Crippen LogP contribution in [0.2, 0.25) is 0 Å². The Morgan fingerprint density at radius 2 is 2.00 bits per heavy atom. The van der Waals surface area contributed by atoms with Gasteiger partial charge in [0.25, 0.3) is 0 Å². The topological polar surface area (TPSA) is 35.5 Å². The molecule has 84 valence electrons. The number of hydrogen-bond donors (Lipinski definition) is 0. The summed E-state index contributed by atoms with van der Waals surface area (Å²) in [6, 6.07) is 9.93. The average molecular weight is 218 g/mol. The summed E-state index contributed by atoms with van der Waals surface area (Å²) < 4.78 is 10.6. The lowest BCUT2D eigenvalue weighted by molar-refractivity contribution is -0.143. The van der Waals surface area contributed by atoms with E-state index in [-0.39, 0.29) is 12.1 Å². The van der Waals surface area contributed by atoms with Crippen molar-refractivity contribution >= 4 is 5.97 Å². The molecule has 0 fully saturated rings. The second-order valence-corrected chi connectivity index (χ2v) is 3.56. The van der Waals surface area contributed by atoms with Crippen LogP contribution in [0.5, 0.6) is 0 Å². The van der Waals surface area contributed by atoms with Crippen molar-refractivity contribution in [3.05, 3.63) is 48.0 Å². The largest absolute Gasteiger partial charge is 0.461 e. The zero-order valence-electron chi connectivity index (χ0n) is 8.96. The van der Waals surface area contributed by atoms with Gasteiger partial charge in [0.1, 0.15) is 12.7 Å². The van der Waals surface area contributed by atoms with Gasteiger partial charge in [-0.3, -0.25) is 4.79 Å². The fourth-order valence-corrected chi connectivity index (χ4v) is 1.57. The highest BCUT2D eigenvalue weighted by Gasteiger charge is 2.11. The van der Waals surface area contributed by atoms with Gasteiger partial charge in [-0.25, -0.2) is 0 Å². The maximum absolute atomic E-state index is 11.1. The zero-order chi connectivity index (χ0) is 11.2. The Hall–Kier alpha value is -1.61. The predicted molar refractivity (Wildman–Crippen MR) is 59.9 cm³/mol. The Bertz CT molecular complexity index is 370. The van der Waals surface area contributed by atoms with E-state index in [2.05, 4.69) is 0 Å². The molecule has 3 nitrogen and oxygen atoms in total. The summed E-state index contributed by atoms with van der Waals surface area (Å²) in [6.45, 7) is 0.717. The zero-order valence-corrected chi connectivity index (χ0v) is 8.96. The minimum atomic E-state index is -0.210. The van der Waals surface area contributed by atoms with Crippen LogP contribution in [0, 0.1) is 0 Å². The molecule has 0 aromatic heterocycles. The molecule has 1 unspecified atom stereocenters. The van der Waals surface area contributed by atoms with E-state index in [9.17, 15) is 4.79 Å². The summed E-state index contributed by atoms with van der Waals surface area (Å²) in [5, 5.41) is 0. The van der Waals surface area contributed by atoms with Crippen molar-refractivity contribution in [2.75, 3.05) is 13.2 Å². The average Bonchev–Trinajstić information content (AvgIpc) is 2.42. The molecule has 1 atom stereocenters. The third-order valence-corrected chi connectivity index (χ3v) is 2.38. The van der Waals surface area contributed by atoms with Crippen molar-refractivity contribution in [3.8, 4) is 0 Å². The van der Waals surface area contributed by atoms with Crippen molar-refractivity contribution in [2.24, 2.45) is 0 Å². The van der Waals surface area contributed by atoms with Gasteiger partial charge in [0.2, 0.25) is 0 Å². The summed E-state index contributed by atoms with van der Waals surface area (Å²) >= 11 is 0. The first-order chi connectivity index (χ1) is 7.86. The molecule has 0 N–H and O–H groups in total. The first-order valence-corrected chi connectivity index (χ1v) is 5.35. The minimum absolute atomic E-state index is 0.0873. The van der Waals surface area contributed by atoms with E-state index in [1.807, 2.05) is 42.5 Å². The second-order valence-electron chi connectivity index (χ2n) is 3.56. The van der Waals surface area contributed by atoms with Gasteiger partial charge in [-0.15, -0.1) is 0 Å². The summed E-state index contributed by atoms with van der Waals surface area (Å²) in [6.07, 6.45) is 3.97. The summed E-state index contributed by atoms with van der Waals surface area (Å²) in [4.78, 5) is 11.1. The van der Waals surface area contributed by atoms with Crippen LogP contribution in [0.1, 0.15) is 18.1 Å². The number of rotatable bonds is 1. The van der Waals surface area contributed by atoms with Crippen LogP contribution in [0.25, 0.3) is 0 Å². The van der Waals surface area contributed by atoms with E-state index in [1.54, 1.807) is 0 Å². The lowest BCUT2D eigenvalue weighted by Gasteiger charge is -2.13. The molecule has 2 rings (SSSR count). The fraction of sp³-hybridized carbons (Fsp3) is 0.308. The minimum Gasteiger partial charge on any atom is -0.461 e. The number of hydrogen-bond acceptors (Lipinski definition) is 3. The van der Waals surface area contributed by atoms with Gasteiger partial charge in [-0.05, 0) is 11.6 Å². The van der Waals surface area contributed by atoms with Crippen LogP contribution < -0.4 is 0 Å². The maximum atomic E-state index is 11.1. The van der Waals surface area contributed by atoms with Crippen molar-refractivity contribution in [3.63, 3.8) is 0 Å². The molecule has 1 aromatic rings. The van der Waals surface area contributed by atoms with E-state index >= 15 is 0 Å². The van der Waals surface area contributed by atoms with Gasteiger partial charge in [0.15, 0.2) is 0 Å². The number of ether oxygens (including phenoxy) is 2. The van der Waals surface area contributed by atoms with Crippen LogP contribution in [-0.4, -0.2) is 19.2 Å². The molecule has 0 aliphatic carbocycles. The lowest BCUT2D eigenvalue weighted by Crippen LogP contribution is -2.08. The standard InChI is InChI=1S/C13H14O3/c14-13-8-10-15-12(7-4-9-16-13)11-5-2-1-3-6-11/h1-7,12H,8-10H2/b7-4-. The molecule has 0 radical (unpaired) electrons. The molecule has 16 heavy (non-hydrogen) atoms. The number of esters is 1. The number of carbonyl (C=O) groups excluding carboxylic acids is 1. The first-order valence-electron chi connectivity index (χ1n) is 5.35. The van der Waals surface area contributed by atoms with Gasteiger partial charge in [0.05, 0.1) is 13.0 Å². The van der Waals surface area contributed by atoms with Crippen LogP contribution in [0.3, 0.4) is 0 Å². The molecular weight excluding hydrogens is 204 g/mol. The molecule has 1 aliphatic heterocycles. The third-order valence-electron chi connectivity index (χ3n) is 2.38. The number of carbonyl (C=O) groups is 1. The van der Waals surface area contributed by atoms with Gasteiger partial charge < -0.3 is 9.47 Å². The van der Waals surface area contributed by atoms with Gasteiger partial charge in [-0.1, -0.05) is 36.4 Å². The Morgan fingerprint density at radius 1 is 1.19 bits per heavy atom. The summed E-state index contributed by atoms with van der Waals surface area (Å²) in [7, 11) is 0. The maximum Gasteiger partial charge on any atom is 0.308 e. The molecule has 3 heteroatoms. The highest BCUT2D eigenvalue weighted by molar-refractivity contribution is 5.69. The Kier molecular flexibility index (Phi) is 3.72. The SMILES string of the molecule is O=C1CCOC(c2ccccc2)/C=C\CO1. The van der Waals surface area contributed by atoms with E-state index in [4.69, 9.17) is 9.47 Å². The van der Waals surface area contributed by atoms with Crippen molar-refractivity contribution in [1.29, 1.82) is 0 Å². The number of cyclic esters (lactones) is 1. The molecule has 0 amide bonds. The van der Waals surface area contributed by atoms with Crippen LogP contribution in [0.4, 0.5) is 0 Å². The van der Waals surface area contributed by atoms with E-state index < -0.39 is 0 Å². The number of benzene rings is 1. The second kappa shape index (κ2) is 5.47. The first kappa shape index (κ1) is 10.9. The van der Waals surface area contributed by atoms with Gasteiger partial charge in [0, 0.05) is 0 Å². The van der Waals surface area contributed by atoms with Gasteiger partial charge in [-0.2, -0.15) is 0 Å². The predicted octanol–water partition coefficient (Wildman–Crippen LogP) is 2.25. The lowest BCUT2D eigenvalue weighted by atomic mass is 10.1. The molecule has 1 heterocycles. The molecule has 0 spiro atoms. The molecule has 0 saturated carbocycles. The normalized spacial score (nSPS) is 23.8. The van der Waals surface area contributed by atoms with Gasteiger partial charge >= 0.3 is 5.97 Å². The molecule has 0 saturated heterocycles.